The first kappa shape index (κ1) is 19.3. The van der Waals surface area contributed by atoms with Crippen LogP contribution in [0.15, 0.2) is 58.1 Å². The largest absolute Gasteiger partial charge is 0.462 e. The van der Waals surface area contributed by atoms with Crippen molar-refractivity contribution >= 4 is 45.6 Å². The monoisotopic (exact) mass is 417 g/mol. The summed E-state index contributed by atoms with van der Waals surface area (Å²) in [6.07, 6.45) is 1.42. The van der Waals surface area contributed by atoms with Crippen molar-refractivity contribution in [1.29, 1.82) is 0 Å². The van der Waals surface area contributed by atoms with E-state index >= 15 is 0 Å². The van der Waals surface area contributed by atoms with Gasteiger partial charge in [0, 0.05) is 10.2 Å². The predicted molar refractivity (Wildman–Crippen MR) is 101 cm³/mol. The molecule has 2 aromatic carbocycles. The molecule has 8 heteroatoms. The number of rotatable bonds is 5. The van der Waals surface area contributed by atoms with Gasteiger partial charge in [0.15, 0.2) is 0 Å². The van der Waals surface area contributed by atoms with Gasteiger partial charge in [-0.1, -0.05) is 28.1 Å². The number of nitrogens with one attached hydrogen (secondary N) is 2. The third kappa shape index (κ3) is 5.82. The summed E-state index contributed by atoms with van der Waals surface area (Å²) >= 11 is 3.32. The van der Waals surface area contributed by atoms with E-state index in [0.717, 1.165) is 10.0 Å². The van der Waals surface area contributed by atoms with Gasteiger partial charge in [0.05, 0.1) is 18.4 Å². The third-order valence-electron chi connectivity index (χ3n) is 3.09. The minimum atomic E-state index is -0.911. The van der Waals surface area contributed by atoms with Gasteiger partial charge in [-0.25, -0.2) is 10.2 Å². The van der Waals surface area contributed by atoms with E-state index < -0.39 is 17.8 Å². The van der Waals surface area contributed by atoms with Crippen LogP contribution in [0.5, 0.6) is 0 Å². The molecule has 0 aliphatic rings. The van der Waals surface area contributed by atoms with Gasteiger partial charge in [0.25, 0.3) is 0 Å². The van der Waals surface area contributed by atoms with Crippen molar-refractivity contribution in [3.8, 4) is 0 Å². The van der Waals surface area contributed by atoms with Crippen LogP contribution < -0.4 is 10.7 Å². The van der Waals surface area contributed by atoms with E-state index in [1.807, 2.05) is 12.1 Å². The quantitative estimate of drug-likeness (QED) is 0.338. The topological polar surface area (TPSA) is 96.9 Å². The molecule has 2 amide bonds. The molecule has 0 aromatic heterocycles. The highest BCUT2D eigenvalue weighted by molar-refractivity contribution is 9.10. The molecule has 2 aromatic rings. The fraction of sp³-hybridized carbons (Fsp3) is 0.111. The van der Waals surface area contributed by atoms with Crippen LogP contribution in [0.3, 0.4) is 0 Å². The van der Waals surface area contributed by atoms with E-state index in [1.165, 1.54) is 30.5 Å². The van der Waals surface area contributed by atoms with Gasteiger partial charge in [-0.15, -0.1) is 0 Å². The van der Waals surface area contributed by atoms with Crippen LogP contribution in [0.25, 0.3) is 0 Å². The van der Waals surface area contributed by atoms with Crippen molar-refractivity contribution in [2.24, 2.45) is 5.10 Å². The summed E-state index contributed by atoms with van der Waals surface area (Å²) in [7, 11) is 0. The fourth-order valence-corrected chi connectivity index (χ4v) is 2.31. The lowest BCUT2D eigenvalue weighted by atomic mass is 10.2. The van der Waals surface area contributed by atoms with E-state index in [-0.39, 0.29) is 6.61 Å². The Bertz CT molecular complexity index is 835. The van der Waals surface area contributed by atoms with Crippen LogP contribution in [0.4, 0.5) is 5.69 Å². The Labute approximate surface area is 158 Å². The van der Waals surface area contributed by atoms with Crippen LogP contribution in [-0.2, 0) is 14.3 Å². The van der Waals surface area contributed by atoms with E-state index in [1.54, 1.807) is 19.1 Å². The highest BCUT2D eigenvalue weighted by Gasteiger charge is 2.13. The van der Waals surface area contributed by atoms with Crippen LogP contribution in [0, 0.1) is 0 Å². The number of hydrogen-bond donors (Lipinski definition) is 2. The minimum Gasteiger partial charge on any atom is -0.462 e. The zero-order chi connectivity index (χ0) is 18.9. The molecule has 134 valence electrons. The highest BCUT2D eigenvalue weighted by Crippen LogP contribution is 2.11. The Balaban J connectivity index is 1.88. The van der Waals surface area contributed by atoms with Gasteiger partial charge < -0.3 is 10.1 Å². The average molecular weight is 418 g/mol. The summed E-state index contributed by atoms with van der Waals surface area (Å²) in [5.74, 6) is -2.24. The molecule has 7 nitrogen and oxygen atoms in total. The van der Waals surface area contributed by atoms with Crippen molar-refractivity contribution in [3.63, 3.8) is 0 Å². The van der Waals surface area contributed by atoms with Crippen LogP contribution in [0.1, 0.15) is 22.8 Å². The number of benzene rings is 2. The Morgan fingerprint density at radius 1 is 1.12 bits per heavy atom. The molecule has 0 saturated carbocycles. The molecule has 0 aliphatic carbocycles. The molecule has 0 spiro atoms. The number of esters is 1. The summed E-state index contributed by atoms with van der Waals surface area (Å²) < 4.78 is 5.74. The zero-order valence-corrected chi connectivity index (χ0v) is 15.4. The van der Waals surface area contributed by atoms with E-state index in [9.17, 15) is 14.4 Å². The molecule has 0 bridgehead atoms. The van der Waals surface area contributed by atoms with Gasteiger partial charge in [0.1, 0.15) is 0 Å². The summed E-state index contributed by atoms with van der Waals surface area (Å²) in [6.45, 7) is 1.99. The van der Waals surface area contributed by atoms with Gasteiger partial charge in [-0.3, -0.25) is 9.59 Å². The Kier molecular flexibility index (Phi) is 7.04. The maximum atomic E-state index is 11.8. The molecule has 0 radical (unpaired) electrons. The maximum absolute atomic E-state index is 11.8. The normalized spacial score (nSPS) is 10.4. The van der Waals surface area contributed by atoms with Crippen molar-refractivity contribution in [2.45, 2.75) is 6.92 Å². The number of nitrogens with zero attached hydrogens (tertiary/aromatic N) is 1. The molecule has 0 heterocycles. The summed E-state index contributed by atoms with van der Waals surface area (Å²) in [6, 6.07) is 13.3. The second-order valence-corrected chi connectivity index (χ2v) is 5.92. The zero-order valence-electron chi connectivity index (χ0n) is 13.9. The Hall–Kier alpha value is -3.00. The summed E-state index contributed by atoms with van der Waals surface area (Å²) in [5.41, 5.74) is 3.63. The fourth-order valence-electron chi connectivity index (χ4n) is 1.90. The molecule has 0 unspecified atom stereocenters. The number of amides is 2. The molecular formula is C18H16BrN3O4. The lowest BCUT2D eigenvalue weighted by molar-refractivity contribution is -0.136. The second-order valence-electron chi connectivity index (χ2n) is 5.01. The van der Waals surface area contributed by atoms with Gasteiger partial charge in [-0.05, 0) is 48.9 Å². The van der Waals surface area contributed by atoms with Crippen molar-refractivity contribution in [3.05, 3.63) is 64.1 Å². The number of carbonyl (C=O) groups is 3. The van der Waals surface area contributed by atoms with Crippen molar-refractivity contribution < 1.29 is 19.1 Å². The molecule has 0 atom stereocenters. The van der Waals surface area contributed by atoms with E-state index in [0.29, 0.717) is 11.3 Å². The smallest absolute Gasteiger partial charge is 0.338 e. The lowest BCUT2D eigenvalue weighted by Crippen LogP contribution is -2.32. The first-order valence-electron chi connectivity index (χ1n) is 7.66. The molecule has 0 fully saturated rings. The first-order valence-corrected chi connectivity index (χ1v) is 8.46. The number of ether oxygens (including phenoxy) is 1. The summed E-state index contributed by atoms with van der Waals surface area (Å²) in [4.78, 5) is 35.1. The number of halogens is 1. The molecule has 26 heavy (non-hydrogen) atoms. The van der Waals surface area contributed by atoms with Crippen LogP contribution >= 0.6 is 15.9 Å². The second kappa shape index (κ2) is 9.47. The Morgan fingerprint density at radius 3 is 2.50 bits per heavy atom. The number of hydrazone groups is 1. The van der Waals surface area contributed by atoms with Gasteiger partial charge in [-0.2, -0.15) is 5.10 Å². The van der Waals surface area contributed by atoms with Gasteiger partial charge in [0.2, 0.25) is 0 Å². The van der Waals surface area contributed by atoms with Crippen molar-refractivity contribution in [1.82, 2.24) is 5.43 Å². The SMILES string of the molecule is CCOC(=O)c1ccc(NC(=O)C(=O)N/N=C\c2cccc(Br)c2)cc1. The highest BCUT2D eigenvalue weighted by atomic mass is 79.9. The standard InChI is InChI=1S/C18H16BrN3O4/c1-2-26-18(25)13-6-8-15(9-7-13)21-16(23)17(24)22-20-11-12-4-3-5-14(19)10-12/h3-11H,2H2,1H3,(H,21,23)(H,22,24)/b20-11-. The van der Waals surface area contributed by atoms with Crippen LogP contribution in [0.2, 0.25) is 0 Å². The summed E-state index contributed by atoms with van der Waals surface area (Å²) in [5, 5.41) is 6.15. The first-order chi connectivity index (χ1) is 12.5. The lowest BCUT2D eigenvalue weighted by Gasteiger charge is -2.05. The third-order valence-corrected chi connectivity index (χ3v) is 3.58. The average Bonchev–Trinajstić information content (AvgIpc) is 2.62. The minimum absolute atomic E-state index is 0.276. The number of carbonyl (C=O) groups excluding carboxylic acids is 3. The molecule has 0 aliphatic heterocycles. The molecular weight excluding hydrogens is 402 g/mol. The number of anilines is 1. The van der Waals surface area contributed by atoms with E-state index in [4.69, 9.17) is 4.74 Å². The number of hydrogen-bond acceptors (Lipinski definition) is 5. The Morgan fingerprint density at radius 2 is 1.85 bits per heavy atom. The molecule has 0 saturated heterocycles. The molecule has 2 rings (SSSR count). The van der Waals surface area contributed by atoms with Crippen molar-refractivity contribution in [2.75, 3.05) is 11.9 Å². The predicted octanol–water partition coefficient (Wildman–Crippen LogP) is 2.71. The maximum Gasteiger partial charge on any atom is 0.338 e. The van der Waals surface area contributed by atoms with Gasteiger partial charge >= 0.3 is 17.8 Å². The molecule has 2 N–H and O–H groups in total. The van der Waals surface area contributed by atoms with E-state index in [2.05, 4.69) is 31.8 Å². The van der Waals surface area contributed by atoms with Crippen LogP contribution in [-0.4, -0.2) is 30.6 Å².